The molecule has 2 atom stereocenters. The summed E-state index contributed by atoms with van der Waals surface area (Å²) in [6.07, 6.45) is 0.391. The highest BCUT2D eigenvalue weighted by Gasteiger charge is 2.67. The minimum Gasteiger partial charge on any atom is -0.373 e. The van der Waals surface area contributed by atoms with Gasteiger partial charge >= 0.3 is 0 Å². The quantitative estimate of drug-likeness (QED) is 0.281. The lowest BCUT2D eigenvalue weighted by atomic mass is 9.96. The van der Waals surface area contributed by atoms with Gasteiger partial charge in [-0.15, -0.1) is 0 Å². The van der Waals surface area contributed by atoms with Crippen LogP contribution in [0.1, 0.15) is 19.3 Å². The summed E-state index contributed by atoms with van der Waals surface area (Å²) in [5.74, 6) is -5.53. The maximum atomic E-state index is 9.54. The van der Waals surface area contributed by atoms with Gasteiger partial charge in [-0.1, -0.05) is 6.42 Å². The summed E-state index contributed by atoms with van der Waals surface area (Å²) in [6, 6.07) is -0.804. The first-order valence-corrected chi connectivity index (χ1v) is 4.72. The highest BCUT2D eigenvalue weighted by atomic mass is 16.6. The van der Waals surface area contributed by atoms with Crippen LogP contribution in [0.4, 0.5) is 0 Å². The van der Waals surface area contributed by atoms with E-state index in [1.807, 2.05) is 0 Å². The number of hydrogen-bond acceptors (Lipinski definition) is 6. The van der Waals surface area contributed by atoms with Crippen molar-refractivity contribution in [2.75, 3.05) is 6.54 Å². The summed E-state index contributed by atoms with van der Waals surface area (Å²) in [5, 5.41) is 47.3. The number of hydrogen-bond donors (Lipinski definition) is 5. The predicted molar refractivity (Wildman–Crippen MR) is 44.7 cm³/mol. The second kappa shape index (κ2) is 2.88. The largest absolute Gasteiger partial charge is 0.373 e. The van der Waals surface area contributed by atoms with Crippen LogP contribution in [-0.4, -0.2) is 60.8 Å². The number of fused-ring (bicyclic) bond motifs is 1. The Morgan fingerprint density at radius 2 is 1.64 bits per heavy atom. The van der Waals surface area contributed by atoms with Crippen molar-refractivity contribution in [3.8, 4) is 0 Å². The predicted octanol–water partition coefficient (Wildman–Crippen LogP) is -2.47. The van der Waals surface area contributed by atoms with Crippen LogP contribution in [0, 0.1) is 0 Å². The van der Waals surface area contributed by atoms with E-state index in [0.29, 0.717) is 13.0 Å². The van der Waals surface area contributed by atoms with Crippen LogP contribution in [-0.2, 0) is 0 Å². The Kier molecular flexibility index (Phi) is 2.11. The minimum atomic E-state index is -2.87. The number of rotatable bonds is 0. The second-order valence-corrected chi connectivity index (χ2v) is 4.08. The molecule has 0 amide bonds. The molecule has 14 heavy (non-hydrogen) atoms. The highest BCUT2D eigenvalue weighted by Crippen LogP contribution is 2.41. The fraction of sp³-hybridized carbons (Fsp3) is 1.00. The van der Waals surface area contributed by atoms with E-state index in [1.54, 1.807) is 0 Å². The molecule has 2 fully saturated rings. The average molecular weight is 205 g/mol. The maximum absolute atomic E-state index is 9.54. The molecule has 2 rings (SSSR count). The van der Waals surface area contributed by atoms with Gasteiger partial charge in [-0.05, 0) is 12.8 Å². The van der Waals surface area contributed by atoms with Gasteiger partial charge in [-0.2, -0.15) is 0 Å². The Morgan fingerprint density at radius 3 is 2.21 bits per heavy atom. The van der Waals surface area contributed by atoms with E-state index in [2.05, 4.69) is 0 Å². The molecule has 2 unspecified atom stereocenters. The maximum Gasteiger partial charge on any atom is 0.261 e. The fourth-order valence-electron chi connectivity index (χ4n) is 2.35. The molecule has 2 heterocycles. The molecule has 0 aromatic heterocycles. The molecular weight excluding hydrogens is 190 g/mol. The zero-order valence-corrected chi connectivity index (χ0v) is 7.67. The third kappa shape index (κ3) is 1.06. The van der Waals surface area contributed by atoms with Crippen molar-refractivity contribution in [3.05, 3.63) is 0 Å². The third-order valence-electron chi connectivity index (χ3n) is 3.22. The molecule has 0 aromatic carbocycles. The van der Waals surface area contributed by atoms with Gasteiger partial charge in [-0.3, -0.25) is 4.90 Å². The zero-order chi connectivity index (χ0) is 10.6. The molecule has 0 spiro atoms. The summed E-state index contributed by atoms with van der Waals surface area (Å²) >= 11 is 0. The van der Waals surface area contributed by atoms with Crippen LogP contribution < -0.4 is 0 Å². The zero-order valence-electron chi connectivity index (χ0n) is 7.67. The molecule has 2 saturated heterocycles. The number of piperidine rings is 1. The van der Waals surface area contributed by atoms with Gasteiger partial charge < -0.3 is 25.5 Å². The number of nitrogens with zero attached hydrogens (tertiary/aromatic N) is 1. The van der Waals surface area contributed by atoms with E-state index < -0.39 is 23.8 Å². The van der Waals surface area contributed by atoms with Gasteiger partial charge in [0, 0.05) is 6.54 Å². The van der Waals surface area contributed by atoms with E-state index in [0.717, 1.165) is 12.8 Å². The topological polar surface area (TPSA) is 104 Å². The molecule has 6 heteroatoms. The normalized spacial score (nSPS) is 40.9. The Labute approximate surface area is 81.0 Å². The Balaban J connectivity index is 2.34. The summed E-state index contributed by atoms with van der Waals surface area (Å²) in [4.78, 5) is 1.32. The third-order valence-corrected chi connectivity index (χ3v) is 3.22. The molecule has 0 bridgehead atoms. The van der Waals surface area contributed by atoms with E-state index in [4.69, 9.17) is 0 Å². The molecule has 0 aliphatic carbocycles. The van der Waals surface area contributed by atoms with Crippen molar-refractivity contribution in [2.24, 2.45) is 0 Å². The van der Waals surface area contributed by atoms with Gasteiger partial charge in [0.25, 0.3) is 5.79 Å². The van der Waals surface area contributed by atoms with Crippen molar-refractivity contribution in [3.63, 3.8) is 0 Å². The number of aliphatic hydroxyl groups is 5. The standard InChI is InChI=1S/C8H15NO5/c10-6-8(13,14)7(11,12)5-3-1-2-4-9(5)6/h5-6,10-14H,1-4H2. The fourth-order valence-corrected chi connectivity index (χ4v) is 2.35. The van der Waals surface area contributed by atoms with Crippen molar-refractivity contribution in [1.82, 2.24) is 4.90 Å². The van der Waals surface area contributed by atoms with Gasteiger partial charge in [-0.25, -0.2) is 0 Å². The van der Waals surface area contributed by atoms with Crippen LogP contribution in [0.25, 0.3) is 0 Å². The van der Waals surface area contributed by atoms with Crippen LogP contribution in [0.5, 0.6) is 0 Å². The Morgan fingerprint density at radius 1 is 1.00 bits per heavy atom. The first-order chi connectivity index (χ1) is 6.39. The smallest absolute Gasteiger partial charge is 0.261 e. The van der Waals surface area contributed by atoms with Crippen molar-refractivity contribution in [1.29, 1.82) is 0 Å². The van der Waals surface area contributed by atoms with Crippen molar-refractivity contribution in [2.45, 2.75) is 43.1 Å². The van der Waals surface area contributed by atoms with Gasteiger partial charge in [0.05, 0.1) is 6.04 Å². The molecule has 6 nitrogen and oxygen atoms in total. The van der Waals surface area contributed by atoms with Gasteiger partial charge in [0.2, 0.25) is 5.79 Å². The van der Waals surface area contributed by atoms with Crippen LogP contribution in [0.15, 0.2) is 0 Å². The average Bonchev–Trinajstić information content (AvgIpc) is 2.27. The first-order valence-electron chi connectivity index (χ1n) is 4.72. The highest BCUT2D eigenvalue weighted by molar-refractivity contribution is 5.06. The summed E-state index contributed by atoms with van der Waals surface area (Å²) < 4.78 is 0. The molecule has 0 radical (unpaired) electrons. The molecule has 82 valence electrons. The molecule has 2 aliphatic heterocycles. The first kappa shape index (κ1) is 10.3. The van der Waals surface area contributed by atoms with Crippen LogP contribution in [0.2, 0.25) is 0 Å². The lowest BCUT2D eigenvalue weighted by molar-refractivity contribution is -0.363. The van der Waals surface area contributed by atoms with Crippen LogP contribution >= 0.6 is 0 Å². The molecular formula is C8H15NO5. The summed E-state index contributed by atoms with van der Waals surface area (Å²) in [5.41, 5.74) is 0. The van der Waals surface area contributed by atoms with Crippen molar-refractivity contribution >= 4 is 0 Å². The van der Waals surface area contributed by atoms with Gasteiger partial charge in [0.1, 0.15) is 0 Å². The lowest BCUT2D eigenvalue weighted by Crippen LogP contribution is -2.59. The SMILES string of the molecule is OC1N2CCCCC2C(O)(O)C1(O)O. The Hall–Kier alpha value is -0.240. The van der Waals surface area contributed by atoms with E-state index in [9.17, 15) is 25.5 Å². The minimum absolute atomic E-state index is 0.437. The van der Waals surface area contributed by atoms with E-state index in [1.165, 1.54) is 4.90 Å². The van der Waals surface area contributed by atoms with Crippen LogP contribution in [0.3, 0.4) is 0 Å². The lowest BCUT2D eigenvalue weighted by Gasteiger charge is -2.34. The number of aliphatic hydroxyl groups excluding tert-OH is 1. The molecule has 2 aliphatic rings. The summed E-state index contributed by atoms with van der Waals surface area (Å²) in [7, 11) is 0. The second-order valence-electron chi connectivity index (χ2n) is 4.08. The Bertz CT molecular complexity index is 242. The molecule has 5 N–H and O–H groups in total. The monoisotopic (exact) mass is 205 g/mol. The van der Waals surface area contributed by atoms with E-state index in [-0.39, 0.29) is 0 Å². The van der Waals surface area contributed by atoms with Crippen molar-refractivity contribution < 1.29 is 25.5 Å². The summed E-state index contributed by atoms with van der Waals surface area (Å²) in [6.45, 7) is 0.442. The molecule has 0 saturated carbocycles. The van der Waals surface area contributed by atoms with Gasteiger partial charge in [0.15, 0.2) is 6.23 Å². The molecule has 0 aromatic rings. The van der Waals surface area contributed by atoms with E-state index >= 15 is 0 Å².